The summed E-state index contributed by atoms with van der Waals surface area (Å²) in [5.74, 6) is 0.293. The van der Waals surface area contributed by atoms with Crippen LogP contribution in [0, 0.1) is 11.3 Å². The van der Waals surface area contributed by atoms with Crippen molar-refractivity contribution in [2.75, 3.05) is 13.7 Å². The van der Waals surface area contributed by atoms with E-state index in [-0.39, 0.29) is 24.5 Å². The monoisotopic (exact) mass is 294 g/mol. The maximum atomic E-state index is 10.9. The standard InChI is InChI=1S/C10H19N2O4PS/c1-12-5-4-10(11)16-9-3-2-8(6-9)7-15-17(13,14)18/h4-5,8-9,11-12H,2-3,6-7H2,1H3,(H2,13,14,18)/b5-4-,11-10?/t8-,9+/m1/s1. The van der Waals surface area contributed by atoms with Crippen LogP contribution in [0.4, 0.5) is 0 Å². The van der Waals surface area contributed by atoms with Crippen LogP contribution in [0.1, 0.15) is 19.3 Å². The Morgan fingerprint density at radius 3 is 3.00 bits per heavy atom. The van der Waals surface area contributed by atoms with Gasteiger partial charge in [0.1, 0.15) is 6.10 Å². The summed E-state index contributed by atoms with van der Waals surface area (Å²) < 4.78 is 21.1. The van der Waals surface area contributed by atoms with Crippen molar-refractivity contribution in [3.63, 3.8) is 0 Å². The summed E-state index contributed by atoms with van der Waals surface area (Å²) in [6, 6.07) is 0. The molecule has 0 unspecified atom stereocenters. The molecule has 1 aliphatic carbocycles. The van der Waals surface area contributed by atoms with Gasteiger partial charge in [-0.1, -0.05) is 12.2 Å². The van der Waals surface area contributed by atoms with Crippen molar-refractivity contribution in [3.8, 4) is 0 Å². The van der Waals surface area contributed by atoms with E-state index in [9.17, 15) is 4.57 Å². The van der Waals surface area contributed by atoms with Crippen LogP contribution >= 0.6 is 19.0 Å². The van der Waals surface area contributed by atoms with E-state index < -0.39 is 6.80 Å². The van der Waals surface area contributed by atoms with Gasteiger partial charge in [-0.2, -0.15) is 0 Å². The third-order valence-corrected chi connectivity index (χ3v) is 3.50. The van der Waals surface area contributed by atoms with Gasteiger partial charge in [-0.15, -0.1) is 0 Å². The fourth-order valence-corrected chi connectivity index (χ4v) is 2.47. The molecule has 0 aliphatic heterocycles. The Morgan fingerprint density at radius 1 is 1.67 bits per heavy atom. The average molecular weight is 294 g/mol. The van der Waals surface area contributed by atoms with E-state index in [4.69, 9.17) is 19.6 Å². The normalized spacial score (nSPS) is 27.1. The quantitative estimate of drug-likeness (QED) is 0.260. The fraction of sp³-hybridized carbons (Fsp3) is 0.700. The zero-order valence-corrected chi connectivity index (χ0v) is 12.0. The topological polar surface area (TPSA) is 91.6 Å². The smallest absolute Gasteiger partial charge is 0.383 e. The Balaban J connectivity index is 2.27. The van der Waals surface area contributed by atoms with Crippen LogP contribution < -0.4 is 5.32 Å². The number of hydrogen-bond acceptors (Lipinski definition) is 5. The molecule has 0 radical (unpaired) electrons. The van der Waals surface area contributed by atoms with Crippen LogP contribution in [0.15, 0.2) is 12.3 Å². The fourth-order valence-electron chi connectivity index (χ4n) is 1.87. The van der Waals surface area contributed by atoms with Crippen molar-refractivity contribution >= 4 is 24.9 Å². The summed E-state index contributed by atoms with van der Waals surface area (Å²) in [6.07, 6.45) is 5.56. The highest BCUT2D eigenvalue weighted by Crippen LogP contribution is 2.47. The minimum Gasteiger partial charge on any atom is -0.475 e. The van der Waals surface area contributed by atoms with Crippen LogP contribution in [-0.4, -0.2) is 30.5 Å². The van der Waals surface area contributed by atoms with Gasteiger partial charge in [0.25, 0.3) is 0 Å². The summed E-state index contributed by atoms with van der Waals surface area (Å²) in [7, 11) is 1.75. The molecule has 3 N–H and O–H groups in total. The highest BCUT2D eigenvalue weighted by molar-refractivity contribution is 8.44. The molecule has 6 nitrogen and oxygen atoms in total. The van der Waals surface area contributed by atoms with E-state index in [0.29, 0.717) is 0 Å². The van der Waals surface area contributed by atoms with E-state index in [0.717, 1.165) is 19.3 Å². The Kier molecular flexibility index (Phi) is 6.21. The van der Waals surface area contributed by atoms with Crippen LogP contribution in [-0.2, 0) is 13.8 Å². The van der Waals surface area contributed by atoms with E-state index in [2.05, 4.69) is 17.6 Å². The molecule has 8 heteroatoms. The maximum absolute atomic E-state index is 10.9. The van der Waals surface area contributed by atoms with Crippen LogP contribution in [0.3, 0.4) is 0 Å². The van der Waals surface area contributed by atoms with Gasteiger partial charge < -0.3 is 19.5 Å². The van der Waals surface area contributed by atoms with Gasteiger partial charge >= 0.3 is 6.80 Å². The van der Waals surface area contributed by atoms with Crippen molar-refractivity contribution in [1.82, 2.24) is 5.32 Å². The first kappa shape index (κ1) is 15.6. The van der Waals surface area contributed by atoms with Gasteiger partial charge in [0.2, 0.25) is 5.90 Å². The summed E-state index contributed by atoms with van der Waals surface area (Å²) in [6.45, 7) is -3.48. The molecule has 104 valence electrons. The zero-order chi connectivity index (χ0) is 13.6. The molecule has 0 amide bonds. The van der Waals surface area contributed by atoms with Crippen molar-refractivity contribution in [3.05, 3.63) is 12.3 Å². The molecule has 1 aliphatic rings. The third kappa shape index (κ3) is 6.44. The second kappa shape index (κ2) is 7.19. The first-order valence-corrected chi connectivity index (χ1v) is 8.43. The largest absolute Gasteiger partial charge is 0.475 e. The van der Waals surface area contributed by atoms with Gasteiger partial charge in [-0.05, 0) is 25.2 Å². The number of nitrogens with one attached hydrogen (secondary N) is 2. The maximum Gasteiger partial charge on any atom is 0.383 e. The second-order valence-corrected chi connectivity index (χ2v) is 6.95. The second-order valence-electron chi connectivity index (χ2n) is 4.19. The first-order chi connectivity index (χ1) is 8.40. The molecule has 0 spiro atoms. The molecular formula is C10H19N2O4PS. The van der Waals surface area contributed by atoms with E-state index in [1.54, 1.807) is 19.3 Å². The lowest BCUT2D eigenvalue weighted by molar-refractivity contribution is 0.176. The Bertz CT molecular complexity index is 358. The lowest BCUT2D eigenvalue weighted by Crippen LogP contribution is -2.14. The summed E-state index contributed by atoms with van der Waals surface area (Å²) in [5, 5.41) is 10.3. The van der Waals surface area contributed by atoms with Crippen molar-refractivity contribution in [2.24, 2.45) is 5.92 Å². The minimum atomic E-state index is -3.69. The highest BCUT2D eigenvalue weighted by Gasteiger charge is 2.28. The Hall–Kier alpha value is -0.490. The van der Waals surface area contributed by atoms with E-state index in [1.807, 2.05) is 0 Å². The zero-order valence-electron chi connectivity index (χ0n) is 10.2. The molecule has 0 heterocycles. The molecule has 0 aromatic heterocycles. The Labute approximate surface area is 112 Å². The van der Waals surface area contributed by atoms with Gasteiger partial charge in [0, 0.05) is 19.3 Å². The SMILES string of the molecule is CN/C=C\C(=N)O[C@H]1CC[C@@H](CO[P@](=O)(O)S)C1. The number of hydrogen-bond donors (Lipinski definition) is 4. The molecule has 0 aromatic rings. The van der Waals surface area contributed by atoms with Gasteiger partial charge in [-0.25, -0.2) is 4.57 Å². The molecule has 3 atom stereocenters. The molecule has 1 saturated carbocycles. The molecule has 18 heavy (non-hydrogen) atoms. The Morgan fingerprint density at radius 2 is 2.39 bits per heavy atom. The van der Waals surface area contributed by atoms with Gasteiger partial charge in [0.15, 0.2) is 0 Å². The minimum absolute atomic E-state index is 0.0226. The summed E-state index contributed by atoms with van der Waals surface area (Å²) in [4.78, 5) is 8.90. The molecule has 0 saturated heterocycles. The lowest BCUT2D eigenvalue weighted by Gasteiger charge is -2.13. The van der Waals surface area contributed by atoms with E-state index >= 15 is 0 Å². The van der Waals surface area contributed by atoms with E-state index in [1.165, 1.54) is 0 Å². The third-order valence-electron chi connectivity index (χ3n) is 2.67. The summed E-state index contributed by atoms with van der Waals surface area (Å²) >= 11 is 3.45. The molecule has 1 fully saturated rings. The van der Waals surface area contributed by atoms with Gasteiger partial charge in [0.05, 0.1) is 6.61 Å². The van der Waals surface area contributed by atoms with Crippen molar-refractivity contribution in [2.45, 2.75) is 25.4 Å². The molecule has 0 aromatic carbocycles. The number of thiol groups is 1. The van der Waals surface area contributed by atoms with Crippen LogP contribution in [0.25, 0.3) is 0 Å². The molecule has 1 rings (SSSR count). The van der Waals surface area contributed by atoms with Crippen LogP contribution in [0.5, 0.6) is 0 Å². The van der Waals surface area contributed by atoms with Crippen molar-refractivity contribution < 1.29 is 18.7 Å². The first-order valence-electron chi connectivity index (χ1n) is 5.70. The average Bonchev–Trinajstić information content (AvgIpc) is 2.70. The lowest BCUT2D eigenvalue weighted by atomic mass is 10.1. The van der Waals surface area contributed by atoms with Crippen molar-refractivity contribution in [1.29, 1.82) is 5.41 Å². The molecule has 0 bridgehead atoms. The van der Waals surface area contributed by atoms with Crippen LogP contribution in [0.2, 0.25) is 0 Å². The predicted octanol–water partition coefficient (Wildman–Crippen LogP) is 1.93. The highest BCUT2D eigenvalue weighted by atomic mass is 32.7. The van der Waals surface area contributed by atoms with Gasteiger partial charge in [-0.3, -0.25) is 5.41 Å². The number of ether oxygens (including phenoxy) is 1. The predicted molar refractivity (Wildman–Crippen MR) is 72.9 cm³/mol. The molecular weight excluding hydrogens is 275 g/mol. The summed E-state index contributed by atoms with van der Waals surface area (Å²) in [5.41, 5.74) is 0. The number of rotatable bonds is 6.